The third-order valence-corrected chi connectivity index (χ3v) is 6.97. The van der Waals surface area contributed by atoms with Gasteiger partial charge in [0.15, 0.2) is 5.70 Å². The van der Waals surface area contributed by atoms with Crippen LogP contribution in [0.3, 0.4) is 0 Å². The Hall–Kier alpha value is -2.88. The summed E-state index contributed by atoms with van der Waals surface area (Å²) in [6, 6.07) is 21.9. The highest BCUT2D eigenvalue weighted by molar-refractivity contribution is 6.43. The zero-order valence-corrected chi connectivity index (χ0v) is 21.4. The number of hydrogen-bond acceptors (Lipinski definition) is 3. The Labute approximate surface area is 217 Å². The predicted octanol–water partition coefficient (Wildman–Crippen LogP) is 8.91. The van der Waals surface area contributed by atoms with Crippen LogP contribution in [0.1, 0.15) is 62.1 Å². The lowest BCUT2D eigenvalue weighted by molar-refractivity contribution is -0.129. The van der Waals surface area contributed by atoms with E-state index < -0.39 is 5.97 Å². The second-order valence-corrected chi connectivity index (χ2v) is 9.56. The Bertz CT molecular complexity index is 1230. The van der Waals surface area contributed by atoms with Crippen LogP contribution in [0.25, 0.3) is 17.2 Å². The van der Waals surface area contributed by atoms with Crippen LogP contribution in [0.15, 0.2) is 77.4 Å². The number of esters is 1. The first-order valence-electron chi connectivity index (χ1n) is 12.2. The van der Waals surface area contributed by atoms with Crippen molar-refractivity contribution in [2.75, 3.05) is 0 Å². The largest absolute Gasteiger partial charge is 0.402 e. The summed E-state index contributed by atoms with van der Waals surface area (Å²) in [6.45, 7) is 2.25. The van der Waals surface area contributed by atoms with E-state index in [4.69, 9.17) is 27.9 Å². The fraction of sp³-hybridized carbons (Fsp3) is 0.267. The maximum Gasteiger partial charge on any atom is 0.363 e. The monoisotopic (exact) mass is 505 g/mol. The third kappa shape index (κ3) is 6.62. The van der Waals surface area contributed by atoms with Crippen molar-refractivity contribution in [3.05, 3.63) is 99.2 Å². The molecule has 1 heterocycles. The number of ether oxygens (including phenoxy) is 1. The summed E-state index contributed by atoms with van der Waals surface area (Å²) in [7, 11) is 0. The van der Waals surface area contributed by atoms with Gasteiger partial charge < -0.3 is 4.74 Å². The van der Waals surface area contributed by atoms with Gasteiger partial charge in [0.2, 0.25) is 5.90 Å². The number of carbonyl (C=O) groups excluding carboxylic acids is 1. The number of nitrogens with zero attached hydrogens (tertiary/aromatic N) is 1. The number of benzene rings is 3. The van der Waals surface area contributed by atoms with Gasteiger partial charge in [0.1, 0.15) is 0 Å². The average Bonchev–Trinajstić information content (AvgIpc) is 3.24. The standard InChI is InChI=1S/C30H29Cl2NO2/c1-2-3-4-5-6-7-9-21-12-14-22(15-13-21)23-16-18-24(19-17-23)29-33-27(30(34)35-29)20-25-10-8-11-26(31)28(25)32/h8,10-20H,2-7,9H2,1H3/b27-20-. The molecule has 0 aromatic heterocycles. The molecule has 0 spiro atoms. The van der Waals surface area contributed by atoms with Gasteiger partial charge in [0, 0.05) is 5.56 Å². The second-order valence-electron chi connectivity index (χ2n) is 8.77. The molecule has 3 nitrogen and oxygen atoms in total. The third-order valence-electron chi connectivity index (χ3n) is 6.13. The first-order valence-corrected chi connectivity index (χ1v) is 13.0. The van der Waals surface area contributed by atoms with E-state index in [1.54, 1.807) is 24.3 Å². The highest BCUT2D eigenvalue weighted by atomic mass is 35.5. The van der Waals surface area contributed by atoms with Gasteiger partial charge >= 0.3 is 5.97 Å². The van der Waals surface area contributed by atoms with Crippen LogP contribution in [0.2, 0.25) is 10.0 Å². The molecule has 0 radical (unpaired) electrons. The lowest BCUT2D eigenvalue weighted by atomic mass is 10.00. The molecule has 0 saturated heterocycles. The molecule has 5 heteroatoms. The number of unbranched alkanes of at least 4 members (excludes halogenated alkanes) is 5. The average molecular weight is 506 g/mol. The Morgan fingerprint density at radius 2 is 1.43 bits per heavy atom. The number of hydrogen-bond donors (Lipinski definition) is 0. The van der Waals surface area contributed by atoms with Crippen molar-refractivity contribution >= 4 is 41.1 Å². The molecule has 0 saturated carbocycles. The van der Waals surface area contributed by atoms with E-state index in [9.17, 15) is 4.79 Å². The van der Waals surface area contributed by atoms with Crippen LogP contribution in [-0.2, 0) is 16.0 Å². The lowest BCUT2D eigenvalue weighted by Crippen LogP contribution is -2.05. The molecule has 0 amide bonds. The normalized spacial score (nSPS) is 14.3. The minimum Gasteiger partial charge on any atom is -0.402 e. The van der Waals surface area contributed by atoms with Gasteiger partial charge in [-0.15, -0.1) is 0 Å². The maximum atomic E-state index is 12.3. The summed E-state index contributed by atoms with van der Waals surface area (Å²) in [4.78, 5) is 16.7. The summed E-state index contributed by atoms with van der Waals surface area (Å²) in [6.07, 6.45) is 10.6. The Morgan fingerprint density at radius 1 is 0.800 bits per heavy atom. The molecule has 4 rings (SSSR count). The fourth-order valence-corrected chi connectivity index (χ4v) is 4.45. The Kier molecular flexibility index (Phi) is 8.79. The van der Waals surface area contributed by atoms with Gasteiger partial charge in [-0.25, -0.2) is 9.79 Å². The maximum absolute atomic E-state index is 12.3. The quantitative estimate of drug-likeness (QED) is 0.156. The van der Waals surface area contributed by atoms with Crippen LogP contribution in [0.5, 0.6) is 0 Å². The zero-order valence-electron chi connectivity index (χ0n) is 19.9. The second kappa shape index (κ2) is 12.2. The number of aryl methyl sites for hydroxylation is 1. The minimum absolute atomic E-state index is 0.189. The van der Waals surface area contributed by atoms with Gasteiger partial charge in [-0.2, -0.15) is 0 Å². The minimum atomic E-state index is -0.513. The van der Waals surface area contributed by atoms with Crippen LogP contribution >= 0.6 is 23.2 Å². The van der Waals surface area contributed by atoms with Crippen LogP contribution in [0, 0.1) is 0 Å². The summed E-state index contributed by atoms with van der Waals surface area (Å²) >= 11 is 12.3. The molecular formula is C30H29Cl2NO2. The number of rotatable bonds is 10. The van der Waals surface area contributed by atoms with Gasteiger partial charge in [0.25, 0.3) is 0 Å². The molecule has 1 aliphatic rings. The highest BCUT2D eigenvalue weighted by Crippen LogP contribution is 2.29. The molecule has 0 aliphatic carbocycles. The van der Waals surface area contributed by atoms with E-state index in [2.05, 4.69) is 36.2 Å². The molecule has 0 N–H and O–H groups in total. The molecule has 0 bridgehead atoms. The topological polar surface area (TPSA) is 38.7 Å². The van der Waals surface area contributed by atoms with Gasteiger partial charge in [-0.05, 0) is 59.4 Å². The molecule has 3 aromatic carbocycles. The van der Waals surface area contributed by atoms with E-state index in [-0.39, 0.29) is 11.6 Å². The number of aliphatic imine (C=N–C) groups is 1. The summed E-state index contributed by atoms with van der Waals surface area (Å²) in [5, 5.41) is 0.795. The van der Waals surface area contributed by atoms with E-state index in [1.807, 2.05) is 24.3 Å². The van der Waals surface area contributed by atoms with Crippen molar-refractivity contribution < 1.29 is 9.53 Å². The van der Waals surface area contributed by atoms with Crippen molar-refractivity contribution in [2.24, 2.45) is 4.99 Å². The summed E-state index contributed by atoms with van der Waals surface area (Å²) in [5.74, 6) is -0.235. The predicted molar refractivity (Wildman–Crippen MR) is 146 cm³/mol. The Morgan fingerprint density at radius 3 is 2.14 bits per heavy atom. The Balaban J connectivity index is 1.40. The molecule has 3 aromatic rings. The molecule has 180 valence electrons. The van der Waals surface area contributed by atoms with E-state index in [0.717, 1.165) is 23.1 Å². The van der Waals surface area contributed by atoms with Gasteiger partial charge in [-0.1, -0.05) is 111 Å². The van der Waals surface area contributed by atoms with E-state index in [1.165, 1.54) is 44.1 Å². The van der Waals surface area contributed by atoms with Gasteiger partial charge in [0.05, 0.1) is 10.0 Å². The molecule has 0 fully saturated rings. The lowest BCUT2D eigenvalue weighted by Gasteiger charge is -2.06. The molecule has 0 unspecified atom stereocenters. The van der Waals surface area contributed by atoms with Crippen molar-refractivity contribution in [1.29, 1.82) is 0 Å². The number of cyclic esters (lactones) is 1. The highest BCUT2D eigenvalue weighted by Gasteiger charge is 2.24. The molecule has 0 atom stereocenters. The summed E-state index contributed by atoms with van der Waals surface area (Å²) < 4.78 is 5.40. The SMILES string of the molecule is CCCCCCCCc1ccc(-c2ccc(C3=N/C(=C\c4cccc(Cl)c4Cl)C(=O)O3)cc2)cc1. The van der Waals surface area contributed by atoms with Gasteiger partial charge in [-0.3, -0.25) is 0 Å². The van der Waals surface area contributed by atoms with E-state index >= 15 is 0 Å². The first-order chi connectivity index (χ1) is 17.0. The van der Waals surface area contributed by atoms with Crippen LogP contribution in [0.4, 0.5) is 0 Å². The molecular weight excluding hydrogens is 477 g/mol. The fourth-order valence-electron chi connectivity index (χ4n) is 4.09. The zero-order chi connectivity index (χ0) is 24.6. The van der Waals surface area contributed by atoms with E-state index in [0.29, 0.717) is 15.6 Å². The smallest absolute Gasteiger partial charge is 0.363 e. The molecule has 1 aliphatic heterocycles. The number of carbonyl (C=O) groups is 1. The number of halogens is 2. The summed E-state index contributed by atoms with van der Waals surface area (Å²) in [5.41, 5.74) is 5.19. The van der Waals surface area contributed by atoms with Crippen LogP contribution in [-0.4, -0.2) is 11.9 Å². The first kappa shape index (κ1) is 25.2. The van der Waals surface area contributed by atoms with Crippen molar-refractivity contribution in [3.8, 4) is 11.1 Å². The van der Waals surface area contributed by atoms with Crippen molar-refractivity contribution in [1.82, 2.24) is 0 Å². The van der Waals surface area contributed by atoms with Crippen molar-refractivity contribution in [2.45, 2.75) is 51.9 Å². The molecule has 35 heavy (non-hydrogen) atoms. The van der Waals surface area contributed by atoms with Crippen molar-refractivity contribution in [3.63, 3.8) is 0 Å². The van der Waals surface area contributed by atoms with Crippen LogP contribution < -0.4 is 0 Å².